The van der Waals surface area contributed by atoms with Gasteiger partial charge in [-0.25, -0.2) is 24.0 Å². The zero-order valence-electron chi connectivity index (χ0n) is 11.2. The minimum atomic E-state index is -3.73. The van der Waals surface area contributed by atoms with Gasteiger partial charge < -0.3 is 10.2 Å². The molecule has 2 rings (SSSR count). The van der Waals surface area contributed by atoms with Crippen molar-refractivity contribution in [3.63, 3.8) is 0 Å². The van der Waals surface area contributed by atoms with Crippen LogP contribution in [0.1, 0.15) is 20.3 Å². The highest BCUT2D eigenvalue weighted by Gasteiger charge is 2.40. The number of rotatable bonds is 4. The van der Waals surface area contributed by atoms with Gasteiger partial charge in [0, 0.05) is 12.8 Å². The second-order valence-corrected chi connectivity index (χ2v) is 7.02. The summed E-state index contributed by atoms with van der Waals surface area (Å²) in [6.45, 7) is 4.17. The Hall–Kier alpha value is -0.930. The van der Waals surface area contributed by atoms with Crippen molar-refractivity contribution in [3.05, 3.63) is 17.3 Å². The Morgan fingerprint density at radius 1 is 1.60 bits per heavy atom. The summed E-state index contributed by atoms with van der Waals surface area (Å²) in [7, 11) is -3.73. The molecule has 1 aromatic rings. The molecule has 0 aromatic carbocycles. The first-order chi connectivity index (χ1) is 9.28. The monoisotopic (exact) mass is 320 g/mol. The maximum absolute atomic E-state index is 12.4. The Morgan fingerprint density at radius 3 is 2.80 bits per heavy atom. The molecule has 4 N–H and O–H groups in total. The van der Waals surface area contributed by atoms with Gasteiger partial charge in [0.25, 0.3) is 0 Å². The number of sulfonamides is 1. The summed E-state index contributed by atoms with van der Waals surface area (Å²) in [5.41, 5.74) is 1.64. The fraction of sp³-hybridized carbons (Fsp3) is 0.545. The number of nitrogens with two attached hydrogens (primary N) is 1. The molecule has 1 fully saturated rings. The van der Waals surface area contributed by atoms with E-state index in [1.165, 1.54) is 12.3 Å². The summed E-state index contributed by atoms with van der Waals surface area (Å²) in [5.74, 6) is 5.42. The lowest BCUT2D eigenvalue weighted by atomic mass is 9.97. The van der Waals surface area contributed by atoms with Crippen LogP contribution in [-0.4, -0.2) is 31.7 Å². The molecule has 2 atom stereocenters. The lowest BCUT2D eigenvalue weighted by Crippen LogP contribution is -2.50. The molecule has 7 nitrogen and oxygen atoms in total. The number of nitrogen functional groups attached to an aromatic ring is 1. The fourth-order valence-electron chi connectivity index (χ4n) is 2.01. The van der Waals surface area contributed by atoms with Crippen LogP contribution in [0.2, 0.25) is 5.02 Å². The predicted octanol–water partition coefficient (Wildman–Crippen LogP) is 0.866. The molecular weight excluding hydrogens is 304 g/mol. The van der Waals surface area contributed by atoms with E-state index in [1.54, 1.807) is 0 Å². The van der Waals surface area contributed by atoms with E-state index in [1.807, 2.05) is 13.8 Å². The highest BCUT2D eigenvalue weighted by Crippen LogP contribution is 2.28. The van der Waals surface area contributed by atoms with Gasteiger partial charge in [0.05, 0.1) is 16.7 Å². The predicted molar refractivity (Wildman–Crippen MR) is 75.8 cm³/mol. The number of pyridine rings is 1. The van der Waals surface area contributed by atoms with Crippen molar-refractivity contribution in [2.45, 2.75) is 36.8 Å². The summed E-state index contributed by atoms with van der Waals surface area (Å²) in [4.78, 5) is 3.85. The van der Waals surface area contributed by atoms with Crippen LogP contribution in [0.4, 0.5) is 5.82 Å². The third-order valence-corrected chi connectivity index (χ3v) is 5.38. The second kappa shape index (κ2) is 5.45. The van der Waals surface area contributed by atoms with Gasteiger partial charge in [0.1, 0.15) is 4.90 Å². The number of anilines is 1. The van der Waals surface area contributed by atoms with E-state index in [0.29, 0.717) is 13.0 Å². The molecule has 112 valence electrons. The van der Waals surface area contributed by atoms with Crippen molar-refractivity contribution in [3.8, 4) is 0 Å². The van der Waals surface area contributed by atoms with Gasteiger partial charge in [-0.1, -0.05) is 11.6 Å². The molecule has 20 heavy (non-hydrogen) atoms. The average molecular weight is 321 g/mol. The van der Waals surface area contributed by atoms with Gasteiger partial charge in [0.15, 0.2) is 5.82 Å². The summed E-state index contributed by atoms with van der Waals surface area (Å²) >= 11 is 5.89. The topological polar surface area (TPSA) is 106 Å². The van der Waals surface area contributed by atoms with Crippen molar-refractivity contribution in [1.29, 1.82) is 0 Å². The Labute approximate surface area is 122 Å². The molecule has 0 saturated carbocycles. The van der Waals surface area contributed by atoms with E-state index < -0.39 is 15.6 Å². The first-order valence-corrected chi connectivity index (χ1v) is 7.92. The zero-order chi connectivity index (χ0) is 15.0. The van der Waals surface area contributed by atoms with Gasteiger partial charge in [0.2, 0.25) is 10.0 Å². The third-order valence-electron chi connectivity index (χ3n) is 3.52. The minimum Gasteiger partial charge on any atom is -0.376 e. The molecule has 0 spiro atoms. The van der Waals surface area contributed by atoms with Crippen molar-refractivity contribution < 1.29 is 13.2 Å². The number of hydrogen-bond donors (Lipinski definition) is 3. The zero-order valence-corrected chi connectivity index (χ0v) is 12.8. The molecule has 1 aliphatic heterocycles. The molecule has 1 aromatic heterocycles. The van der Waals surface area contributed by atoms with Crippen LogP contribution in [-0.2, 0) is 14.8 Å². The molecule has 0 aliphatic carbocycles. The van der Waals surface area contributed by atoms with Crippen LogP contribution in [0.15, 0.2) is 17.2 Å². The molecule has 9 heteroatoms. The Kier molecular flexibility index (Phi) is 4.22. The SMILES string of the molecule is CC1OCCC1(C)NS(=O)(=O)c1cnc(NN)c(Cl)c1. The number of nitrogens with one attached hydrogen (secondary N) is 2. The molecule has 0 radical (unpaired) electrons. The van der Waals surface area contributed by atoms with Crippen LogP contribution in [0.3, 0.4) is 0 Å². The van der Waals surface area contributed by atoms with Gasteiger partial charge in [-0.2, -0.15) is 0 Å². The third kappa shape index (κ3) is 2.89. The maximum Gasteiger partial charge on any atom is 0.242 e. The van der Waals surface area contributed by atoms with E-state index in [9.17, 15) is 8.42 Å². The van der Waals surface area contributed by atoms with Crippen LogP contribution in [0.25, 0.3) is 0 Å². The highest BCUT2D eigenvalue weighted by atomic mass is 35.5. The Bertz CT molecular complexity index is 610. The molecule has 0 bridgehead atoms. The van der Waals surface area contributed by atoms with Gasteiger partial charge >= 0.3 is 0 Å². The van der Waals surface area contributed by atoms with Gasteiger partial charge in [-0.3, -0.25) is 0 Å². The van der Waals surface area contributed by atoms with E-state index in [0.717, 1.165) is 0 Å². The maximum atomic E-state index is 12.4. The first kappa shape index (κ1) is 15.5. The Balaban J connectivity index is 2.29. The number of nitrogens with zero attached hydrogens (tertiary/aromatic N) is 1. The normalized spacial score (nSPS) is 26.7. The molecule has 1 saturated heterocycles. The highest BCUT2D eigenvalue weighted by molar-refractivity contribution is 7.89. The van der Waals surface area contributed by atoms with Crippen LogP contribution < -0.4 is 16.0 Å². The van der Waals surface area contributed by atoms with E-state index in [4.69, 9.17) is 22.2 Å². The molecular formula is C11H17ClN4O3S. The standard InChI is InChI=1S/C11H17ClN4O3S/c1-7-11(2,3-4-19-7)16-20(17,18)8-5-9(12)10(15-13)14-6-8/h5-7,16H,3-4,13H2,1-2H3,(H,14,15). The first-order valence-electron chi connectivity index (χ1n) is 6.06. The van der Waals surface area contributed by atoms with Gasteiger partial charge in [-0.15, -0.1) is 0 Å². The average Bonchev–Trinajstić information content (AvgIpc) is 2.68. The quantitative estimate of drug-likeness (QED) is 0.561. The smallest absolute Gasteiger partial charge is 0.242 e. The van der Waals surface area contributed by atoms with Crippen molar-refractivity contribution in [2.75, 3.05) is 12.0 Å². The van der Waals surface area contributed by atoms with E-state index >= 15 is 0 Å². The minimum absolute atomic E-state index is 0.0122. The summed E-state index contributed by atoms with van der Waals surface area (Å²) in [6.07, 6.45) is 1.61. The van der Waals surface area contributed by atoms with Gasteiger partial charge in [-0.05, 0) is 26.3 Å². The summed E-state index contributed by atoms with van der Waals surface area (Å²) < 4.78 is 32.8. The second-order valence-electron chi connectivity index (χ2n) is 4.93. The lowest BCUT2D eigenvalue weighted by molar-refractivity contribution is 0.0957. The van der Waals surface area contributed by atoms with Crippen LogP contribution >= 0.6 is 11.6 Å². The largest absolute Gasteiger partial charge is 0.376 e. The number of hydrazine groups is 1. The van der Waals surface area contributed by atoms with Crippen molar-refractivity contribution in [2.24, 2.45) is 5.84 Å². The Morgan fingerprint density at radius 2 is 2.30 bits per heavy atom. The van der Waals surface area contributed by atoms with Crippen molar-refractivity contribution in [1.82, 2.24) is 9.71 Å². The van der Waals surface area contributed by atoms with E-state index in [-0.39, 0.29) is 21.8 Å². The van der Waals surface area contributed by atoms with Crippen LogP contribution in [0.5, 0.6) is 0 Å². The molecule has 2 heterocycles. The van der Waals surface area contributed by atoms with Crippen LogP contribution in [0, 0.1) is 0 Å². The molecule has 0 amide bonds. The van der Waals surface area contributed by atoms with Crippen molar-refractivity contribution >= 4 is 27.4 Å². The molecule has 2 unspecified atom stereocenters. The number of ether oxygens (including phenoxy) is 1. The number of hydrogen-bond acceptors (Lipinski definition) is 6. The molecule has 1 aliphatic rings. The van der Waals surface area contributed by atoms with E-state index in [2.05, 4.69) is 15.1 Å². The summed E-state index contributed by atoms with van der Waals surface area (Å²) in [5, 5.41) is 0.135. The fourth-order valence-corrected chi connectivity index (χ4v) is 3.76. The number of halogens is 1. The summed E-state index contributed by atoms with van der Waals surface area (Å²) in [6, 6.07) is 1.30. The number of aromatic nitrogens is 1. The lowest BCUT2D eigenvalue weighted by Gasteiger charge is -2.28.